The van der Waals surface area contributed by atoms with Crippen LogP contribution in [0.1, 0.15) is 30.8 Å². The van der Waals surface area contributed by atoms with E-state index < -0.39 is 5.97 Å². The van der Waals surface area contributed by atoms with Crippen molar-refractivity contribution in [1.29, 1.82) is 0 Å². The van der Waals surface area contributed by atoms with Crippen LogP contribution in [0.15, 0.2) is 30.3 Å². The Morgan fingerprint density at radius 2 is 1.96 bits per heavy atom. The number of nitrogens with zero attached hydrogens (tertiary/aromatic N) is 2. The Morgan fingerprint density at radius 1 is 1.30 bits per heavy atom. The Labute approximate surface area is 139 Å². The summed E-state index contributed by atoms with van der Waals surface area (Å²) in [6.07, 6.45) is -0.0951. The van der Waals surface area contributed by atoms with Crippen LogP contribution in [0.3, 0.4) is 0 Å². The summed E-state index contributed by atoms with van der Waals surface area (Å²) in [7, 11) is 0. The standard InChI is InChI=1S/C16H18ClN3O3/c1-10(2)20(8-7-15(21)22)16(23)14-9-13(18-19-14)11-3-5-12(17)6-4-11/h3-6,9-10H,7-8H2,1-2H3,(H,18,19)(H,21,22). The lowest BCUT2D eigenvalue weighted by Gasteiger charge is -2.25. The van der Waals surface area contributed by atoms with Crippen molar-refractivity contribution in [3.05, 3.63) is 41.0 Å². The number of aromatic amines is 1. The topological polar surface area (TPSA) is 86.3 Å². The van der Waals surface area contributed by atoms with Crippen LogP contribution in [0.25, 0.3) is 11.3 Å². The number of hydrogen-bond donors (Lipinski definition) is 2. The van der Waals surface area contributed by atoms with Gasteiger partial charge in [0.25, 0.3) is 5.91 Å². The van der Waals surface area contributed by atoms with Gasteiger partial charge in [-0.2, -0.15) is 5.10 Å². The molecule has 0 bridgehead atoms. The molecule has 6 nitrogen and oxygen atoms in total. The summed E-state index contributed by atoms with van der Waals surface area (Å²) in [5.74, 6) is -1.20. The molecule has 1 aromatic carbocycles. The third kappa shape index (κ3) is 4.32. The summed E-state index contributed by atoms with van der Waals surface area (Å²) >= 11 is 5.85. The van der Waals surface area contributed by atoms with E-state index in [4.69, 9.17) is 16.7 Å². The van der Waals surface area contributed by atoms with Crippen LogP contribution in [0.5, 0.6) is 0 Å². The van der Waals surface area contributed by atoms with Gasteiger partial charge >= 0.3 is 5.97 Å². The predicted molar refractivity (Wildman–Crippen MR) is 87.5 cm³/mol. The molecule has 0 radical (unpaired) electrons. The number of amides is 1. The average molecular weight is 336 g/mol. The molecule has 122 valence electrons. The lowest BCUT2D eigenvalue weighted by Crippen LogP contribution is -2.38. The third-order valence-electron chi connectivity index (χ3n) is 3.40. The van der Waals surface area contributed by atoms with Crippen molar-refractivity contribution in [3.8, 4) is 11.3 Å². The molecule has 0 saturated carbocycles. The molecule has 0 spiro atoms. The Balaban J connectivity index is 2.18. The van der Waals surface area contributed by atoms with Crippen molar-refractivity contribution in [2.75, 3.05) is 6.54 Å². The van der Waals surface area contributed by atoms with Gasteiger partial charge in [0.2, 0.25) is 0 Å². The first-order chi connectivity index (χ1) is 10.9. The molecule has 0 fully saturated rings. The maximum atomic E-state index is 12.5. The van der Waals surface area contributed by atoms with Crippen molar-refractivity contribution in [2.45, 2.75) is 26.3 Å². The van der Waals surface area contributed by atoms with Crippen LogP contribution < -0.4 is 0 Å². The van der Waals surface area contributed by atoms with E-state index in [1.54, 1.807) is 18.2 Å². The molecule has 2 aromatic rings. The second-order valence-corrected chi connectivity index (χ2v) is 5.85. The quantitative estimate of drug-likeness (QED) is 0.849. The van der Waals surface area contributed by atoms with E-state index >= 15 is 0 Å². The van der Waals surface area contributed by atoms with Crippen LogP contribution in [0, 0.1) is 0 Å². The van der Waals surface area contributed by atoms with Gasteiger partial charge in [-0.1, -0.05) is 23.7 Å². The van der Waals surface area contributed by atoms with Gasteiger partial charge in [-0.3, -0.25) is 14.7 Å². The highest BCUT2D eigenvalue weighted by molar-refractivity contribution is 6.30. The van der Waals surface area contributed by atoms with Crippen LogP contribution in [0.2, 0.25) is 5.02 Å². The Morgan fingerprint density at radius 3 is 2.52 bits per heavy atom. The van der Waals surface area contributed by atoms with Crippen molar-refractivity contribution < 1.29 is 14.7 Å². The molecule has 23 heavy (non-hydrogen) atoms. The summed E-state index contributed by atoms with van der Waals surface area (Å²) in [5, 5.41) is 16.3. The Hall–Kier alpha value is -2.34. The van der Waals surface area contributed by atoms with Crippen molar-refractivity contribution >= 4 is 23.5 Å². The fraction of sp³-hybridized carbons (Fsp3) is 0.312. The first kappa shape index (κ1) is 17.0. The number of aliphatic carboxylic acids is 1. The first-order valence-electron chi connectivity index (χ1n) is 7.22. The SMILES string of the molecule is CC(C)N(CCC(=O)O)C(=O)c1cc(-c2ccc(Cl)cc2)n[nH]1. The number of aromatic nitrogens is 2. The van der Waals surface area contributed by atoms with Crippen LogP contribution in [0.4, 0.5) is 0 Å². The molecule has 2 rings (SSSR count). The smallest absolute Gasteiger partial charge is 0.305 e. The number of halogens is 1. The number of rotatable bonds is 6. The van der Waals surface area contributed by atoms with Crippen LogP contribution in [-0.4, -0.2) is 44.7 Å². The average Bonchev–Trinajstić information content (AvgIpc) is 2.97. The van der Waals surface area contributed by atoms with Gasteiger partial charge in [0.1, 0.15) is 5.69 Å². The second kappa shape index (κ2) is 7.28. The Bertz CT molecular complexity index is 695. The zero-order chi connectivity index (χ0) is 17.0. The second-order valence-electron chi connectivity index (χ2n) is 5.41. The summed E-state index contributed by atoms with van der Waals surface area (Å²) in [4.78, 5) is 24.8. The molecule has 1 heterocycles. The largest absolute Gasteiger partial charge is 0.481 e. The van der Waals surface area contributed by atoms with E-state index in [9.17, 15) is 9.59 Å². The van der Waals surface area contributed by atoms with Gasteiger partial charge in [-0.25, -0.2) is 0 Å². The summed E-state index contributed by atoms with van der Waals surface area (Å²) in [6, 6.07) is 8.68. The molecule has 1 amide bonds. The molecule has 0 atom stereocenters. The number of carbonyl (C=O) groups excluding carboxylic acids is 1. The van der Waals surface area contributed by atoms with Gasteiger partial charge in [0.15, 0.2) is 0 Å². The van der Waals surface area contributed by atoms with Gasteiger partial charge in [0.05, 0.1) is 12.1 Å². The van der Waals surface area contributed by atoms with E-state index in [0.29, 0.717) is 16.4 Å². The summed E-state index contributed by atoms with van der Waals surface area (Å²) in [5.41, 5.74) is 1.80. The lowest BCUT2D eigenvalue weighted by molar-refractivity contribution is -0.137. The fourth-order valence-corrected chi connectivity index (χ4v) is 2.29. The summed E-state index contributed by atoms with van der Waals surface area (Å²) in [6.45, 7) is 3.84. The number of H-pyrrole nitrogens is 1. The van der Waals surface area contributed by atoms with Crippen molar-refractivity contribution in [2.24, 2.45) is 0 Å². The first-order valence-corrected chi connectivity index (χ1v) is 7.60. The zero-order valence-corrected chi connectivity index (χ0v) is 13.7. The minimum Gasteiger partial charge on any atom is -0.481 e. The highest BCUT2D eigenvalue weighted by Crippen LogP contribution is 2.21. The number of carboxylic acid groups (broad SMARTS) is 1. The highest BCUT2D eigenvalue weighted by atomic mass is 35.5. The monoisotopic (exact) mass is 335 g/mol. The molecule has 0 aliphatic rings. The predicted octanol–water partition coefficient (Wildman–Crippen LogP) is 3.06. The molecule has 7 heteroatoms. The minimum absolute atomic E-state index is 0.0951. The van der Waals surface area contributed by atoms with E-state index in [2.05, 4.69) is 10.2 Å². The molecule has 0 unspecified atom stereocenters. The van der Waals surface area contributed by atoms with Crippen LogP contribution >= 0.6 is 11.6 Å². The molecule has 0 aliphatic heterocycles. The van der Waals surface area contributed by atoms with Gasteiger partial charge in [-0.15, -0.1) is 0 Å². The molecule has 1 aromatic heterocycles. The third-order valence-corrected chi connectivity index (χ3v) is 3.65. The maximum Gasteiger partial charge on any atom is 0.305 e. The van der Waals surface area contributed by atoms with Gasteiger partial charge in [0, 0.05) is 23.2 Å². The van der Waals surface area contributed by atoms with Crippen molar-refractivity contribution in [1.82, 2.24) is 15.1 Å². The fourth-order valence-electron chi connectivity index (χ4n) is 2.16. The molecule has 0 saturated heterocycles. The molecule has 0 aliphatic carbocycles. The number of hydrogen-bond acceptors (Lipinski definition) is 3. The minimum atomic E-state index is -0.935. The zero-order valence-electron chi connectivity index (χ0n) is 12.9. The highest BCUT2D eigenvalue weighted by Gasteiger charge is 2.21. The molecular weight excluding hydrogens is 318 g/mol. The normalized spacial score (nSPS) is 10.8. The van der Waals surface area contributed by atoms with Gasteiger partial charge < -0.3 is 10.0 Å². The molecular formula is C16H18ClN3O3. The number of carboxylic acids is 1. The van der Waals surface area contributed by atoms with Gasteiger partial charge in [-0.05, 0) is 32.0 Å². The van der Waals surface area contributed by atoms with Crippen LogP contribution in [-0.2, 0) is 4.79 Å². The lowest BCUT2D eigenvalue weighted by atomic mass is 10.1. The van der Waals surface area contributed by atoms with E-state index in [1.165, 1.54) is 4.90 Å². The number of benzene rings is 1. The summed E-state index contributed by atoms with van der Waals surface area (Å²) < 4.78 is 0. The number of carbonyl (C=O) groups is 2. The van der Waals surface area contributed by atoms with Crippen molar-refractivity contribution in [3.63, 3.8) is 0 Å². The number of nitrogens with one attached hydrogen (secondary N) is 1. The van der Waals surface area contributed by atoms with E-state index in [1.807, 2.05) is 26.0 Å². The van der Waals surface area contributed by atoms with E-state index in [0.717, 1.165) is 5.56 Å². The maximum absolute atomic E-state index is 12.5. The van der Waals surface area contributed by atoms with E-state index in [-0.39, 0.29) is 24.9 Å². The Kier molecular flexibility index (Phi) is 5.39. The molecule has 2 N–H and O–H groups in total.